The molecule has 2 rings (SSSR count). The Morgan fingerprint density at radius 1 is 1.65 bits per heavy atom. The van der Waals surface area contributed by atoms with Gasteiger partial charge in [0.1, 0.15) is 5.82 Å². The molecule has 0 saturated carbocycles. The highest BCUT2D eigenvalue weighted by Gasteiger charge is 2.40. The van der Waals surface area contributed by atoms with Crippen molar-refractivity contribution in [3.63, 3.8) is 0 Å². The molecule has 92 valence electrons. The van der Waals surface area contributed by atoms with Crippen LogP contribution in [-0.4, -0.2) is 31.0 Å². The molecule has 2 heterocycles. The van der Waals surface area contributed by atoms with Gasteiger partial charge in [-0.3, -0.25) is 4.79 Å². The Morgan fingerprint density at radius 2 is 2.41 bits per heavy atom. The summed E-state index contributed by atoms with van der Waals surface area (Å²) in [6, 6.07) is 3.86. The number of pyridine rings is 1. The molecule has 1 fully saturated rings. The van der Waals surface area contributed by atoms with Crippen molar-refractivity contribution in [1.29, 1.82) is 0 Å². The van der Waals surface area contributed by atoms with Crippen molar-refractivity contribution < 1.29 is 4.79 Å². The van der Waals surface area contributed by atoms with E-state index in [1.165, 1.54) is 0 Å². The fraction of sp³-hybridized carbons (Fsp3) is 0.500. The summed E-state index contributed by atoms with van der Waals surface area (Å²) in [6.45, 7) is 3.57. The Morgan fingerprint density at radius 3 is 3.06 bits per heavy atom. The number of amides is 1. The molecule has 1 aromatic rings. The third kappa shape index (κ3) is 2.29. The van der Waals surface area contributed by atoms with Gasteiger partial charge in [0.05, 0.1) is 9.89 Å². The number of halogens is 1. The minimum atomic E-state index is -0.314. The number of carbonyl (C=O) groups is 1. The summed E-state index contributed by atoms with van der Waals surface area (Å²) in [7, 11) is 1.69. The average Bonchev–Trinajstić information content (AvgIpc) is 2.72. The molecule has 4 nitrogen and oxygen atoms in total. The van der Waals surface area contributed by atoms with Crippen LogP contribution in [0.4, 0.5) is 5.82 Å². The Kier molecular flexibility index (Phi) is 3.38. The predicted molar refractivity (Wildman–Crippen MR) is 70.9 cm³/mol. The van der Waals surface area contributed by atoms with Crippen LogP contribution in [0.1, 0.15) is 13.3 Å². The molecule has 17 heavy (non-hydrogen) atoms. The van der Waals surface area contributed by atoms with Gasteiger partial charge in [-0.25, -0.2) is 4.98 Å². The van der Waals surface area contributed by atoms with Gasteiger partial charge >= 0.3 is 0 Å². The van der Waals surface area contributed by atoms with Crippen LogP contribution < -0.4 is 10.2 Å². The molecule has 0 aromatic carbocycles. The molecule has 5 heteroatoms. The van der Waals surface area contributed by atoms with Gasteiger partial charge in [-0.05, 0) is 41.4 Å². The first-order chi connectivity index (χ1) is 8.07. The molecule has 0 aliphatic carbocycles. The van der Waals surface area contributed by atoms with Gasteiger partial charge in [0.25, 0.3) is 0 Å². The quantitative estimate of drug-likeness (QED) is 0.905. The lowest BCUT2D eigenvalue weighted by molar-refractivity contribution is -0.128. The zero-order chi connectivity index (χ0) is 12.5. The smallest absolute Gasteiger partial charge is 0.227 e. The highest BCUT2D eigenvalue weighted by Crippen LogP contribution is 2.35. The van der Waals surface area contributed by atoms with Crippen LogP contribution in [-0.2, 0) is 4.79 Å². The van der Waals surface area contributed by atoms with E-state index in [9.17, 15) is 4.79 Å². The summed E-state index contributed by atoms with van der Waals surface area (Å²) < 4.78 is 0.973. The van der Waals surface area contributed by atoms with Gasteiger partial charge in [-0.2, -0.15) is 0 Å². The lowest BCUT2D eigenvalue weighted by atomic mass is 9.89. The molecule has 1 aliphatic rings. The van der Waals surface area contributed by atoms with Crippen LogP contribution in [0.2, 0.25) is 0 Å². The number of rotatable bonds is 2. The van der Waals surface area contributed by atoms with Crippen molar-refractivity contribution in [2.24, 2.45) is 5.41 Å². The highest BCUT2D eigenvalue weighted by atomic mass is 79.9. The summed E-state index contributed by atoms with van der Waals surface area (Å²) >= 11 is 3.49. The Balaban J connectivity index is 2.18. The Hall–Kier alpha value is -1.10. The number of hydrogen-bond acceptors (Lipinski definition) is 3. The molecule has 1 atom stereocenters. The van der Waals surface area contributed by atoms with Gasteiger partial charge in [0.15, 0.2) is 0 Å². The largest absolute Gasteiger partial charge is 0.359 e. The molecular formula is C12H16BrN3O. The average molecular weight is 298 g/mol. The fourth-order valence-corrected chi connectivity index (χ4v) is 2.74. The zero-order valence-electron chi connectivity index (χ0n) is 10.0. The van der Waals surface area contributed by atoms with E-state index in [0.717, 1.165) is 23.3 Å². The summed E-state index contributed by atoms with van der Waals surface area (Å²) in [5.74, 6) is 1.02. The van der Waals surface area contributed by atoms with Crippen molar-refractivity contribution in [1.82, 2.24) is 10.3 Å². The van der Waals surface area contributed by atoms with Gasteiger partial charge < -0.3 is 10.2 Å². The second-order valence-corrected chi connectivity index (χ2v) is 5.47. The van der Waals surface area contributed by atoms with Crippen LogP contribution in [0.15, 0.2) is 22.8 Å². The minimum Gasteiger partial charge on any atom is -0.359 e. The molecule has 1 aliphatic heterocycles. The van der Waals surface area contributed by atoms with Crippen LogP contribution in [0.3, 0.4) is 0 Å². The normalized spacial score (nSPS) is 23.8. The summed E-state index contributed by atoms with van der Waals surface area (Å²) in [5.41, 5.74) is -0.314. The molecule has 1 saturated heterocycles. The topological polar surface area (TPSA) is 45.2 Å². The fourth-order valence-electron chi connectivity index (χ4n) is 2.24. The van der Waals surface area contributed by atoms with Crippen LogP contribution in [0.5, 0.6) is 0 Å². The highest BCUT2D eigenvalue weighted by molar-refractivity contribution is 9.10. The maximum atomic E-state index is 11.8. The van der Waals surface area contributed by atoms with E-state index in [4.69, 9.17) is 0 Å². The van der Waals surface area contributed by atoms with Gasteiger partial charge in [-0.1, -0.05) is 0 Å². The van der Waals surface area contributed by atoms with Gasteiger partial charge in [-0.15, -0.1) is 0 Å². The van der Waals surface area contributed by atoms with Crippen molar-refractivity contribution in [2.45, 2.75) is 13.3 Å². The van der Waals surface area contributed by atoms with Crippen molar-refractivity contribution in [3.8, 4) is 0 Å². The maximum absolute atomic E-state index is 11.8. The molecule has 1 aromatic heterocycles. The van der Waals surface area contributed by atoms with Crippen molar-refractivity contribution in [2.75, 3.05) is 25.0 Å². The third-order valence-corrected chi connectivity index (χ3v) is 3.91. The lowest BCUT2D eigenvalue weighted by Gasteiger charge is -2.23. The molecular weight excluding hydrogens is 282 g/mol. The minimum absolute atomic E-state index is 0.104. The van der Waals surface area contributed by atoms with Crippen molar-refractivity contribution in [3.05, 3.63) is 22.8 Å². The standard InChI is InChI=1S/C12H16BrN3O/c1-12(11(17)14-2)5-7-16(8-12)10-9(13)4-3-6-15-10/h3-4,6H,5,7-8H2,1-2H3,(H,14,17). The van der Waals surface area contributed by atoms with E-state index in [2.05, 4.69) is 31.1 Å². The first kappa shape index (κ1) is 12.4. The lowest BCUT2D eigenvalue weighted by Crippen LogP contribution is -2.39. The number of hydrogen-bond donors (Lipinski definition) is 1. The van der Waals surface area contributed by atoms with Crippen LogP contribution >= 0.6 is 15.9 Å². The zero-order valence-corrected chi connectivity index (χ0v) is 11.6. The predicted octanol–water partition coefficient (Wildman–Crippen LogP) is 1.81. The molecule has 0 spiro atoms. The number of anilines is 1. The Labute approximate surface area is 110 Å². The van der Waals surface area contributed by atoms with Gasteiger partial charge in [0.2, 0.25) is 5.91 Å². The maximum Gasteiger partial charge on any atom is 0.227 e. The summed E-state index contributed by atoms with van der Waals surface area (Å²) in [5, 5.41) is 2.74. The number of carbonyl (C=O) groups excluding carboxylic acids is 1. The number of aromatic nitrogens is 1. The second kappa shape index (κ2) is 4.64. The number of nitrogens with zero attached hydrogens (tertiary/aromatic N) is 2. The van der Waals surface area contributed by atoms with Crippen molar-refractivity contribution >= 4 is 27.7 Å². The van der Waals surface area contributed by atoms with E-state index >= 15 is 0 Å². The molecule has 1 unspecified atom stereocenters. The Bertz CT molecular complexity index is 438. The molecule has 1 N–H and O–H groups in total. The monoisotopic (exact) mass is 297 g/mol. The van der Waals surface area contributed by atoms with E-state index in [1.807, 2.05) is 19.1 Å². The van der Waals surface area contributed by atoms with Gasteiger partial charge in [0, 0.05) is 26.3 Å². The van der Waals surface area contributed by atoms with E-state index in [0.29, 0.717) is 6.54 Å². The second-order valence-electron chi connectivity index (χ2n) is 4.62. The summed E-state index contributed by atoms with van der Waals surface area (Å²) in [6.07, 6.45) is 2.63. The molecule has 1 amide bonds. The molecule has 0 radical (unpaired) electrons. The third-order valence-electron chi connectivity index (χ3n) is 3.29. The van der Waals surface area contributed by atoms with E-state index in [1.54, 1.807) is 13.2 Å². The first-order valence-corrected chi connectivity index (χ1v) is 6.44. The molecule has 0 bridgehead atoms. The van der Waals surface area contributed by atoms with Crippen LogP contribution in [0, 0.1) is 5.41 Å². The first-order valence-electron chi connectivity index (χ1n) is 5.64. The van der Waals surface area contributed by atoms with E-state index in [-0.39, 0.29) is 11.3 Å². The SMILES string of the molecule is CNC(=O)C1(C)CCN(c2ncccc2Br)C1. The van der Waals surface area contributed by atoms with Crippen LogP contribution in [0.25, 0.3) is 0 Å². The summed E-state index contributed by atoms with van der Waals surface area (Å²) in [4.78, 5) is 18.3. The number of nitrogens with one attached hydrogen (secondary N) is 1. The van der Waals surface area contributed by atoms with E-state index < -0.39 is 0 Å².